The van der Waals surface area contributed by atoms with E-state index in [1.165, 1.54) is 0 Å². The lowest BCUT2D eigenvalue weighted by atomic mass is 9.60. The molecule has 0 spiro atoms. The molecule has 0 bridgehead atoms. The van der Waals surface area contributed by atoms with Crippen molar-refractivity contribution in [2.45, 2.75) is 65.8 Å². The third-order valence-corrected chi connectivity index (χ3v) is 8.49. The molecule has 0 aliphatic heterocycles. The van der Waals surface area contributed by atoms with Gasteiger partial charge in [-0.2, -0.15) is 0 Å². The van der Waals surface area contributed by atoms with Crippen LogP contribution in [0.25, 0.3) is 0 Å². The van der Waals surface area contributed by atoms with Crippen molar-refractivity contribution in [1.82, 2.24) is 0 Å². The highest BCUT2D eigenvalue weighted by Crippen LogP contribution is 2.32. The van der Waals surface area contributed by atoms with Crippen LogP contribution < -0.4 is 0 Å². The van der Waals surface area contributed by atoms with E-state index >= 15 is 0 Å². The number of hydrogen-bond acceptors (Lipinski definition) is 6. The van der Waals surface area contributed by atoms with Crippen LogP contribution >= 0.6 is 31.9 Å². The van der Waals surface area contributed by atoms with Crippen LogP contribution in [0.15, 0.2) is 57.5 Å². The molecule has 0 amide bonds. The van der Waals surface area contributed by atoms with E-state index in [9.17, 15) is 40.1 Å². The maximum atomic E-state index is 11.3. The van der Waals surface area contributed by atoms with Crippen LogP contribution in [0.2, 0.25) is 26.3 Å². The van der Waals surface area contributed by atoms with Gasteiger partial charge in [-0.15, -0.1) is 0 Å². The Kier molecular flexibility index (Phi) is 16.6. The van der Waals surface area contributed by atoms with Gasteiger partial charge in [0.15, 0.2) is 0 Å². The van der Waals surface area contributed by atoms with Gasteiger partial charge in [-0.1, -0.05) is 69.8 Å². The fourth-order valence-corrected chi connectivity index (χ4v) is 5.59. The van der Waals surface area contributed by atoms with Crippen molar-refractivity contribution in [3.8, 4) is 0 Å². The summed E-state index contributed by atoms with van der Waals surface area (Å²) >= 11 is 6.76. The predicted octanol–water partition coefficient (Wildman–Crippen LogP) is 5.39. The van der Waals surface area contributed by atoms with Crippen molar-refractivity contribution in [2.24, 2.45) is 22.7 Å². The Bertz CT molecular complexity index is 1010. The topological polar surface area (TPSA) is 156 Å². The first-order valence-corrected chi connectivity index (χ1v) is 15.7. The minimum absolute atomic E-state index is 0.000532. The third-order valence-electron chi connectivity index (χ3n) is 7.43. The fraction of sp³-hybridized carbons (Fsp3) is 0.533. The molecule has 4 atom stereocenters. The molecule has 0 radical (unpaired) electrons. The normalized spacial score (nSPS) is 15.3. The summed E-state index contributed by atoms with van der Waals surface area (Å²) in [4.78, 5) is 22.7. The lowest BCUT2D eigenvalue weighted by molar-refractivity contribution is -0.152. The monoisotopic (exact) mass is 712 g/mol. The van der Waals surface area contributed by atoms with Gasteiger partial charge < -0.3 is 30.5 Å². The van der Waals surface area contributed by atoms with Crippen molar-refractivity contribution in [1.29, 1.82) is 0 Å². The number of aliphatic carboxylic acids is 2. The SMILES string of the molecule is CB(O)C[C@H](Cc1ccc(Br)cc1)C[C@@](C)(CO)C(=O)O.CB(O)C[C@H](Cc1ccc(Br)cc1)C[C@@](C)(CO)C(=O)O. The predicted molar refractivity (Wildman–Crippen MR) is 175 cm³/mol. The largest absolute Gasteiger partial charge is 0.481 e. The molecule has 232 valence electrons. The lowest BCUT2D eigenvalue weighted by Gasteiger charge is -2.28. The lowest BCUT2D eigenvalue weighted by Crippen LogP contribution is -2.35. The molecule has 0 aliphatic rings. The highest BCUT2D eigenvalue weighted by atomic mass is 79.9. The molecule has 0 saturated carbocycles. The number of aliphatic hydroxyl groups excluding tert-OH is 2. The Hall–Kier alpha value is -1.69. The summed E-state index contributed by atoms with van der Waals surface area (Å²) in [6, 6.07) is 15.7. The van der Waals surface area contributed by atoms with Gasteiger partial charge in [0.25, 0.3) is 13.8 Å². The summed E-state index contributed by atoms with van der Waals surface area (Å²) in [5, 5.41) is 56.6. The summed E-state index contributed by atoms with van der Waals surface area (Å²) in [5.41, 5.74) is -0.159. The molecule has 2 aromatic rings. The van der Waals surface area contributed by atoms with Crippen LogP contribution in [0.1, 0.15) is 37.8 Å². The molecular formula is C30H44B2Br2O8. The molecule has 2 aromatic carbocycles. The van der Waals surface area contributed by atoms with Crippen LogP contribution in [0.5, 0.6) is 0 Å². The maximum absolute atomic E-state index is 11.3. The van der Waals surface area contributed by atoms with Crippen LogP contribution in [-0.4, -0.2) is 69.5 Å². The molecule has 6 N–H and O–H groups in total. The standard InChI is InChI=1S/2C15H22BBrO4/c2*1-15(10-18,14(19)20)8-12(9-16(2)21)7-11-3-5-13(17)6-4-11/h2*3-6,12,18,21H,7-10H2,1-2H3,(H,19,20)/t2*12-,15+/m11/s1. The van der Waals surface area contributed by atoms with Gasteiger partial charge in [0.05, 0.1) is 24.0 Å². The second-order valence-electron chi connectivity index (χ2n) is 12.0. The first-order valence-electron chi connectivity index (χ1n) is 14.1. The third kappa shape index (κ3) is 13.7. The highest BCUT2D eigenvalue weighted by Gasteiger charge is 2.37. The fourth-order valence-electron chi connectivity index (χ4n) is 5.06. The minimum Gasteiger partial charge on any atom is -0.481 e. The van der Waals surface area contributed by atoms with Crippen LogP contribution in [0.4, 0.5) is 0 Å². The Morgan fingerprint density at radius 3 is 1.19 bits per heavy atom. The number of hydrogen-bond donors (Lipinski definition) is 6. The maximum Gasteiger partial charge on any atom is 0.311 e. The van der Waals surface area contributed by atoms with Crippen LogP contribution in [-0.2, 0) is 22.4 Å². The number of carbonyl (C=O) groups is 2. The number of halogens is 2. The van der Waals surface area contributed by atoms with E-state index < -0.39 is 49.8 Å². The zero-order chi connectivity index (χ0) is 32.1. The first-order chi connectivity index (χ1) is 19.5. The summed E-state index contributed by atoms with van der Waals surface area (Å²) in [5.74, 6) is -2.01. The van der Waals surface area contributed by atoms with Gasteiger partial charge in [-0.25, -0.2) is 0 Å². The van der Waals surface area contributed by atoms with E-state index in [0.717, 1.165) is 20.1 Å². The van der Waals surface area contributed by atoms with Gasteiger partial charge in [0.1, 0.15) is 0 Å². The summed E-state index contributed by atoms with van der Waals surface area (Å²) in [6.45, 7) is 4.69. The molecular weight excluding hydrogens is 670 g/mol. The van der Waals surface area contributed by atoms with E-state index in [4.69, 9.17) is 0 Å². The Balaban J connectivity index is 0.000000420. The zero-order valence-corrected chi connectivity index (χ0v) is 28.0. The van der Waals surface area contributed by atoms with Crippen molar-refractivity contribution in [3.05, 3.63) is 68.6 Å². The van der Waals surface area contributed by atoms with E-state index in [2.05, 4.69) is 31.9 Å². The molecule has 42 heavy (non-hydrogen) atoms. The van der Waals surface area contributed by atoms with Crippen molar-refractivity contribution >= 4 is 57.6 Å². The molecule has 8 nitrogen and oxygen atoms in total. The Morgan fingerprint density at radius 1 is 0.690 bits per heavy atom. The van der Waals surface area contributed by atoms with Crippen molar-refractivity contribution in [3.63, 3.8) is 0 Å². The molecule has 0 heterocycles. The van der Waals surface area contributed by atoms with E-state index in [-0.39, 0.29) is 11.8 Å². The second kappa shape index (κ2) is 18.2. The summed E-state index contributed by atoms with van der Waals surface area (Å²) in [7, 11) is 0. The molecule has 2 rings (SSSR count). The molecule has 12 heteroatoms. The Labute approximate surface area is 267 Å². The molecule has 0 unspecified atom stereocenters. The molecule has 0 fully saturated rings. The number of benzene rings is 2. The van der Waals surface area contributed by atoms with Gasteiger partial charge in [-0.3, -0.25) is 9.59 Å². The highest BCUT2D eigenvalue weighted by molar-refractivity contribution is 9.10. The average molecular weight is 714 g/mol. The minimum atomic E-state index is -1.17. The van der Waals surface area contributed by atoms with Gasteiger partial charge in [0, 0.05) is 8.95 Å². The van der Waals surface area contributed by atoms with Gasteiger partial charge >= 0.3 is 11.9 Å². The number of aliphatic hydroxyl groups is 2. The Morgan fingerprint density at radius 2 is 0.976 bits per heavy atom. The molecule has 0 aromatic heterocycles. The van der Waals surface area contributed by atoms with Crippen LogP contribution in [0, 0.1) is 22.7 Å². The first kappa shape index (κ1) is 38.3. The smallest absolute Gasteiger partial charge is 0.311 e. The van der Waals surface area contributed by atoms with Crippen LogP contribution in [0.3, 0.4) is 0 Å². The van der Waals surface area contributed by atoms with Crippen molar-refractivity contribution < 1.29 is 40.1 Å². The molecule has 0 saturated heterocycles. The number of carboxylic acid groups (broad SMARTS) is 2. The summed E-state index contributed by atoms with van der Waals surface area (Å²) in [6.07, 6.45) is 3.06. The summed E-state index contributed by atoms with van der Waals surface area (Å²) < 4.78 is 1.98. The van der Waals surface area contributed by atoms with Gasteiger partial charge in [0.2, 0.25) is 0 Å². The van der Waals surface area contributed by atoms with E-state index in [0.29, 0.717) is 38.3 Å². The van der Waals surface area contributed by atoms with E-state index in [1.54, 1.807) is 27.5 Å². The van der Waals surface area contributed by atoms with Crippen molar-refractivity contribution in [2.75, 3.05) is 13.2 Å². The van der Waals surface area contributed by atoms with E-state index in [1.807, 2.05) is 48.5 Å². The quantitative estimate of drug-likeness (QED) is 0.127. The second-order valence-corrected chi connectivity index (χ2v) is 13.9. The average Bonchev–Trinajstić information content (AvgIpc) is 2.90. The number of rotatable bonds is 16. The molecule has 0 aliphatic carbocycles. The van der Waals surface area contributed by atoms with Gasteiger partial charge in [-0.05, 0) is 99.4 Å². The number of carboxylic acids is 2. The zero-order valence-electron chi connectivity index (χ0n) is 24.8.